The van der Waals surface area contributed by atoms with Crippen molar-refractivity contribution in [2.75, 3.05) is 0 Å². The molecule has 2 aliphatic carbocycles. The van der Waals surface area contributed by atoms with Crippen molar-refractivity contribution in [3.8, 4) is 44.9 Å². The summed E-state index contributed by atoms with van der Waals surface area (Å²) in [5, 5.41) is 0. The van der Waals surface area contributed by atoms with E-state index in [4.69, 9.17) is 8.83 Å². The predicted molar refractivity (Wildman–Crippen MR) is 240 cm³/mol. The van der Waals surface area contributed by atoms with Crippen LogP contribution in [0, 0.1) is 13.8 Å². The van der Waals surface area contributed by atoms with E-state index in [-0.39, 0.29) is 21.4 Å². The van der Waals surface area contributed by atoms with E-state index in [0.29, 0.717) is 0 Å². The Morgan fingerprint density at radius 3 is 1.12 bits per heavy atom. The summed E-state index contributed by atoms with van der Waals surface area (Å²) in [6.07, 6.45) is 4.86. The van der Waals surface area contributed by atoms with Crippen LogP contribution in [-0.2, 0) is 0 Å². The van der Waals surface area contributed by atoms with Crippen molar-refractivity contribution >= 4 is 32.8 Å². The minimum Gasteiger partial charge on any atom is -0.456 e. The van der Waals surface area contributed by atoms with E-state index in [2.05, 4.69) is 196 Å². The summed E-state index contributed by atoms with van der Waals surface area (Å²) in [7, 11) is 0.0396. The maximum Gasteiger partial charge on any atom is 0.134 e. The second kappa shape index (κ2) is 14.9. The zero-order valence-electron chi connectivity index (χ0n) is 32.3. The molecule has 0 spiro atoms. The smallest absolute Gasteiger partial charge is 0.134 e. The monoisotopic (exact) mass is 751 g/mol. The van der Waals surface area contributed by atoms with E-state index < -0.39 is 0 Å². The molecule has 2 nitrogen and oxygen atoms in total. The van der Waals surface area contributed by atoms with Crippen LogP contribution in [0.15, 0.2) is 179 Å². The van der Waals surface area contributed by atoms with Crippen molar-refractivity contribution in [3.05, 3.63) is 215 Å². The largest absolute Gasteiger partial charge is 0.456 e. The Morgan fingerprint density at radius 1 is 0.386 bits per heavy atom. The first-order valence-electron chi connectivity index (χ1n) is 20.0. The molecular formula is C54H43O2Si. The Labute approximate surface area is 337 Å². The summed E-state index contributed by atoms with van der Waals surface area (Å²) >= 11 is 0. The van der Waals surface area contributed by atoms with Crippen LogP contribution in [0.25, 0.3) is 68.2 Å². The van der Waals surface area contributed by atoms with Gasteiger partial charge in [-0.05, 0) is 106 Å². The number of hydrogen-bond donors (Lipinski definition) is 0. The average Bonchev–Trinajstić information content (AvgIpc) is 4.08. The van der Waals surface area contributed by atoms with Gasteiger partial charge in [-0.2, -0.15) is 0 Å². The fourth-order valence-corrected chi connectivity index (χ4v) is 11.0. The van der Waals surface area contributed by atoms with Gasteiger partial charge in [0.2, 0.25) is 0 Å². The molecule has 2 atom stereocenters. The molecule has 2 heterocycles. The molecule has 0 aliphatic heterocycles. The summed E-state index contributed by atoms with van der Waals surface area (Å²) in [4.78, 5) is 0. The standard InChI is InChI=1S/C54H43O2Si/c1-35-23-25-41-45(53(35)39-19-11-5-12-20-39)31-43(51-29-27-49(55-51)37-15-7-3-8-16-37)47(41)33-57-34-48-42-26-24-36(2)54(40-21-13-6-14-22-40)46(42)32-44(48)52-30-28-50(56-52)38-17-9-4-10-18-38/h3-32,47-48,57H,33-34H2,1-2H3. The molecule has 2 unspecified atom stereocenters. The van der Waals surface area contributed by atoms with Crippen molar-refractivity contribution < 1.29 is 8.83 Å². The molecule has 0 amide bonds. The lowest BCUT2D eigenvalue weighted by Crippen LogP contribution is -2.08. The van der Waals surface area contributed by atoms with Crippen molar-refractivity contribution in [1.82, 2.24) is 0 Å². The SMILES string of the molecule is Cc1ccc2c(c1-c1ccccc1)C=C(c1ccc(-c3ccccc3)o1)C2C[SiH]CC1C(c2ccc(-c3ccccc3)o2)=Cc2c1ccc(C)c2-c1ccccc1. The summed E-state index contributed by atoms with van der Waals surface area (Å²) in [5.41, 5.74) is 18.0. The summed E-state index contributed by atoms with van der Waals surface area (Å²) in [6, 6.07) is 62.8. The first kappa shape index (κ1) is 35.0. The van der Waals surface area contributed by atoms with Crippen LogP contribution < -0.4 is 0 Å². The number of allylic oxidation sites excluding steroid dienone is 2. The second-order valence-corrected chi connectivity index (χ2v) is 16.9. The lowest BCUT2D eigenvalue weighted by molar-refractivity contribution is 0.563. The average molecular weight is 752 g/mol. The van der Waals surface area contributed by atoms with Crippen molar-refractivity contribution in [2.24, 2.45) is 0 Å². The van der Waals surface area contributed by atoms with Crippen LogP contribution in [0.2, 0.25) is 12.1 Å². The topological polar surface area (TPSA) is 26.3 Å². The van der Waals surface area contributed by atoms with Crippen molar-refractivity contribution in [1.29, 1.82) is 0 Å². The lowest BCUT2D eigenvalue weighted by atomic mass is 9.90. The molecule has 1 radical (unpaired) electrons. The molecule has 6 aromatic carbocycles. The van der Waals surface area contributed by atoms with Gasteiger partial charge in [0.05, 0.1) is 0 Å². The van der Waals surface area contributed by atoms with Gasteiger partial charge in [0.25, 0.3) is 0 Å². The minimum absolute atomic E-state index is 0.0396. The molecular weight excluding hydrogens is 709 g/mol. The molecule has 0 saturated carbocycles. The molecule has 275 valence electrons. The van der Waals surface area contributed by atoms with E-state index in [1.165, 1.54) is 66.8 Å². The maximum atomic E-state index is 6.72. The Balaban J connectivity index is 1.02. The van der Waals surface area contributed by atoms with Crippen LogP contribution >= 0.6 is 0 Å². The van der Waals surface area contributed by atoms with Crippen LogP contribution in [0.1, 0.15) is 56.7 Å². The normalized spacial score (nSPS) is 15.6. The van der Waals surface area contributed by atoms with Crippen molar-refractivity contribution in [3.63, 3.8) is 0 Å². The van der Waals surface area contributed by atoms with Gasteiger partial charge in [0, 0.05) is 43.6 Å². The van der Waals surface area contributed by atoms with Crippen LogP contribution in [-0.4, -0.2) is 9.52 Å². The second-order valence-electron chi connectivity index (χ2n) is 15.4. The molecule has 10 rings (SSSR count). The third kappa shape index (κ3) is 6.48. The molecule has 2 aromatic heterocycles. The Bertz CT molecular complexity index is 2580. The summed E-state index contributed by atoms with van der Waals surface area (Å²) < 4.78 is 13.4. The van der Waals surface area contributed by atoms with Gasteiger partial charge in [-0.1, -0.05) is 158 Å². The van der Waals surface area contributed by atoms with E-state index in [9.17, 15) is 0 Å². The lowest BCUT2D eigenvalue weighted by Gasteiger charge is -2.21. The molecule has 2 aliphatic rings. The molecule has 0 N–H and O–H groups in total. The number of rotatable bonds is 10. The zero-order valence-corrected chi connectivity index (χ0v) is 33.4. The third-order valence-electron chi connectivity index (χ3n) is 11.9. The van der Waals surface area contributed by atoms with Gasteiger partial charge in [-0.25, -0.2) is 0 Å². The molecule has 57 heavy (non-hydrogen) atoms. The predicted octanol–water partition coefficient (Wildman–Crippen LogP) is 14.4. The van der Waals surface area contributed by atoms with Gasteiger partial charge in [0.15, 0.2) is 0 Å². The molecule has 3 heteroatoms. The van der Waals surface area contributed by atoms with E-state index in [1.807, 2.05) is 0 Å². The summed E-state index contributed by atoms with van der Waals surface area (Å²) in [6.45, 7) is 4.48. The molecule has 0 saturated heterocycles. The van der Waals surface area contributed by atoms with Crippen LogP contribution in [0.5, 0.6) is 0 Å². The highest BCUT2D eigenvalue weighted by molar-refractivity contribution is 6.37. The Morgan fingerprint density at radius 2 is 0.737 bits per heavy atom. The van der Waals surface area contributed by atoms with Gasteiger partial charge in [0.1, 0.15) is 23.0 Å². The van der Waals surface area contributed by atoms with E-state index in [0.717, 1.165) is 46.3 Å². The Kier molecular flexibility index (Phi) is 9.16. The third-order valence-corrected chi connectivity index (χ3v) is 13.5. The Hall–Kier alpha value is -6.42. The van der Waals surface area contributed by atoms with Gasteiger partial charge < -0.3 is 8.83 Å². The number of aryl methyl sites for hydroxylation is 2. The number of hydrogen-bond acceptors (Lipinski definition) is 2. The van der Waals surface area contributed by atoms with Gasteiger partial charge in [-0.15, -0.1) is 0 Å². The quantitative estimate of drug-likeness (QED) is 0.130. The van der Waals surface area contributed by atoms with Crippen LogP contribution in [0.3, 0.4) is 0 Å². The van der Waals surface area contributed by atoms with Gasteiger partial charge >= 0.3 is 0 Å². The van der Waals surface area contributed by atoms with Crippen molar-refractivity contribution in [2.45, 2.75) is 37.8 Å². The molecule has 0 fully saturated rings. The summed E-state index contributed by atoms with van der Waals surface area (Å²) in [5.74, 6) is 4.22. The van der Waals surface area contributed by atoms with Gasteiger partial charge in [-0.3, -0.25) is 0 Å². The highest BCUT2D eigenvalue weighted by Gasteiger charge is 2.34. The molecule has 0 bridgehead atoms. The van der Waals surface area contributed by atoms with E-state index in [1.54, 1.807) is 0 Å². The fourth-order valence-electron chi connectivity index (χ4n) is 9.16. The number of benzene rings is 6. The maximum absolute atomic E-state index is 6.72. The minimum atomic E-state index is 0.0396. The van der Waals surface area contributed by atoms with Crippen LogP contribution in [0.4, 0.5) is 0 Å². The highest BCUT2D eigenvalue weighted by atomic mass is 28.2. The fraction of sp³-hybridized carbons (Fsp3) is 0.111. The number of fused-ring (bicyclic) bond motifs is 2. The number of furan rings is 2. The first-order valence-corrected chi connectivity index (χ1v) is 21.7. The highest BCUT2D eigenvalue weighted by Crippen LogP contribution is 2.52. The zero-order chi connectivity index (χ0) is 38.3. The van der Waals surface area contributed by atoms with E-state index >= 15 is 0 Å². The first-order chi connectivity index (χ1) is 28.1. The molecule has 8 aromatic rings.